The molecule has 0 bridgehead atoms. The van der Waals surface area contributed by atoms with Crippen molar-refractivity contribution in [3.63, 3.8) is 0 Å². The molecule has 0 unspecified atom stereocenters. The van der Waals surface area contributed by atoms with Gasteiger partial charge in [0.2, 0.25) is 0 Å². The molecule has 1 aliphatic carbocycles. The van der Waals surface area contributed by atoms with Gasteiger partial charge in [-0.05, 0) is 40.9 Å². The minimum Gasteiger partial charge on any atom is -0.385 e. The second-order valence-corrected chi connectivity index (χ2v) is 4.46. The van der Waals surface area contributed by atoms with Crippen LogP contribution in [0.5, 0.6) is 0 Å². The quantitative estimate of drug-likeness (QED) is 0.847. The summed E-state index contributed by atoms with van der Waals surface area (Å²) in [6.07, 6.45) is 2.50. The predicted molar refractivity (Wildman–Crippen MR) is 59.3 cm³/mol. The fourth-order valence-corrected chi connectivity index (χ4v) is 2.51. The van der Waals surface area contributed by atoms with E-state index in [2.05, 4.69) is 20.9 Å². The van der Waals surface area contributed by atoms with Crippen LogP contribution in [-0.4, -0.2) is 9.38 Å². The van der Waals surface area contributed by atoms with Crippen molar-refractivity contribution in [1.82, 2.24) is 9.38 Å². The summed E-state index contributed by atoms with van der Waals surface area (Å²) in [5.41, 5.74) is 7.97. The van der Waals surface area contributed by atoms with E-state index in [9.17, 15) is 0 Å². The molecule has 0 aromatic carbocycles. The highest BCUT2D eigenvalue weighted by molar-refractivity contribution is 9.10. The molecule has 2 aromatic rings. The zero-order chi connectivity index (χ0) is 9.71. The number of nitrogen functional groups attached to an aromatic ring is 1. The summed E-state index contributed by atoms with van der Waals surface area (Å²) >= 11 is 3.56. The minimum absolute atomic E-state index is 0.642. The van der Waals surface area contributed by atoms with Crippen LogP contribution >= 0.6 is 15.9 Å². The van der Waals surface area contributed by atoms with Crippen molar-refractivity contribution in [2.75, 3.05) is 5.73 Å². The molecule has 0 amide bonds. The number of hydrogen-bond donors (Lipinski definition) is 1. The Hall–Kier alpha value is -1.03. The SMILES string of the molecule is Nc1cccc2nc(C3CC3)c(Br)n12. The molecule has 0 spiro atoms. The van der Waals surface area contributed by atoms with Gasteiger partial charge in [0.25, 0.3) is 0 Å². The number of anilines is 1. The van der Waals surface area contributed by atoms with E-state index in [1.54, 1.807) is 0 Å². The fraction of sp³-hybridized carbons (Fsp3) is 0.300. The van der Waals surface area contributed by atoms with Crippen LogP contribution in [0, 0.1) is 0 Å². The van der Waals surface area contributed by atoms with Crippen LogP contribution in [0.4, 0.5) is 5.82 Å². The average Bonchev–Trinajstić information content (AvgIpc) is 2.93. The molecule has 3 rings (SSSR count). The lowest BCUT2D eigenvalue weighted by atomic mass is 10.3. The molecule has 0 atom stereocenters. The third kappa shape index (κ3) is 1.07. The lowest BCUT2D eigenvalue weighted by Gasteiger charge is -1.99. The highest BCUT2D eigenvalue weighted by atomic mass is 79.9. The average molecular weight is 252 g/mol. The molecule has 4 heteroatoms. The van der Waals surface area contributed by atoms with E-state index in [0.717, 1.165) is 21.8 Å². The standard InChI is InChI=1S/C10H10BrN3/c11-10-9(6-4-5-6)13-8-3-1-2-7(12)14(8)10/h1-3,6H,4-5,12H2. The number of imidazole rings is 1. The van der Waals surface area contributed by atoms with Gasteiger partial charge < -0.3 is 5.73 Å². The Morgan fingerprint density at radius 3 is 2.86 bits per heavy atom. The summed E-state index contributed by atoms with van der Waals surface area (Å²) in [4.78, 5) is 4.57. The Morgan fingerprint density at radius 2 is 2.21 bits per heavy atom. The molecule has 1 fully saturated rings. The molecule has 1 aliphatic rings. The van der Waals surface area contributed by atoms with Gasteiger partial charge in [-0.2, -0.15) is 0 Å². The van der Waals surface area contributed by atoms with E-state index in [4.69, 9.17) is 5.73 Å². The van der Waals surface area contributed by atoms with Gasteiger partial charge in [-0.3, -0.25) is 4.40 Å². The summed E-state index contributed by atoms with van der Waals surface area (Å²) in [5.74, 6) is 1.37. The Kier molecular flexibility index (Phi) is 1.62. The number of fused-ring (bicyclic) bond motifs is 1. The van der Waals surface area contributed by atoms with Crippen molar-refractivity contribution in [1.29, 1.82) is 0 Å². The maximum atomic E-state index is 5.88. The van der Waals surface area contributed by atoms with Crippen LogP contribution in [-0.2, 0) is 0 Å². The van der Waals surface area contributed by atoms with Gasteiger partial charge in [-0.25, -0.2) is 4.98 Å². The maximum absolute atomic E-state index is 5.88. The van der Waals surface area contributed by atoms with E-state index >= 15 is 0 Å². The van der Waals surface area contributed by atoms with Crippen LogP contribution in [0.3, 0.4) is 0 Å². The van der Waals surface area contributed by atoms with E-state index in [1.165, 1.54) is 12.8 Å². The molecule has 0 aliphatic heterocycles. The summed E-state index contributed by atoms with van der Waals surface area (Å²) in [6.45, 7) is 0. The molecular weight excluding hydrogens is 242 g/mol. The van der Waals surface area contributed by atoms with Crippen molar-refractivity contribution in [2.24, 2.45) is 0 Å². The molecule has 2 heterocycles. The smallest absolute Gasteiger partial charge is 0.139 e. The maximum Gasteiger partial charge on any atom is 0.139 e. The zero-order valence-corrected chi connectivity index (χ0v) is 9.16. The van der Waals surface area contributed by atoms with Gasteiger partial charge >= 0.3 is 0 Å². The number of nitrogens with two attached hydrogens (primary N) is 1. The first kappa shape index (κ1) is 8.29. The monoisotopic (exact) mass is 251 g/mol. The van der Waals surface area contributed by atoms with Crippen LogP contribution < -0.4 is 5.73 Å². The Morgan fingerprint density at radius 1 is 1.43 bits per heavy atom. The second-order valence-electron chi connectivity index (χ2n) is 3.71. The minimum atomic E-state index is 0.642. The topological polar surface area (TPSA) is 43.3 Å². The second kappa shape index (κ2) is 2.73. The zero-order valence-electron chi connectivity index (χ0n) is 7.57. The van der Waals surface area contributed by atoms with Crippen molar-refractivity contribution in [3.8, 4) is 0 Å². The van der Waals surface area contributed by atoms with Crippen molar-refractivity contribution >= 4 is 27.4 Å². The van der Waals surface area contributed by atoms with Crippen molar-refractivity contribution in [3.05, 3.63) is 28.5 Å². The molecule has 0 radical (unpaired) electrons. The Labute approximate surface area is 90.1 Å². The molecule has 2 N–H and O–H groups in total. The highest BCUT2D eigenvalue weighted by Gasteiger charge is 2.29. The molecule has 2 aromatic heterocycles. The Balaban J connectivity index is 2.34. The molecular formula is C10H10BrN3. The molecule has 0 saturated heterocycles. The van der Waals surface area contributed by atoms with E-state index < -0.39 is 0 Å². The third-order valence-corrected chi connectivity index (χ3v) is 3.37. The summed E-state index contributed by atoms with van der Waals surface area (Å²) in [6, 6.07) is 5.80. The largest absolute Gasteiger partial charge is 0.385 e. The van der Waals surface area contributed by atoms with Crippen LogP contribution in [0.25, 0.3) is 5.65 Å². The van der Waals surface area contributed by atoms with E-state index in [1.807, 2.05) is 22.6 Å². The van der Waals surface area contributed by atoms with Crippen molar-refractivity contribution < 1.29 is 0 Å². The van der Waals surface area contributed by atoms with E-state index in [-0.39, 0.29) is 0 Å². The fourth-order valence-electron chi connectivity index (χ4n) is 1.72. The molecule has 72 valence electrons. The number of pyridine rings is 1. The summed E-state index contributed by atoms with van der Waals surface area (Å²) in [7, 11) is 0. The lowest BCUT2D eigenvalue weighted by molar-refractivity contribution is 1.04. The first-order valence-electron chi connectivity index (χ1n) is 4.69. The summed E-state index contributed by atoms with van der Waals surface area (Å²) in [5, 5.41) is 0. The number of rotatable bonds is 1. The summed E-state index contributed by atoms with van der Waals surface area (Å²) < 4.78 is 2.97. The molecule has 3 nitrogen and oxygen atoms in total. The van der Waals surface area contributed by atoms with Crippen LogP contribution in [0.15, 0.2) is 22.8 Å². The third-order valence-electron chi connectivity index (χ3n) is 2.61. The van der Waals surface area contributed by atoms with Gasteiger partial charge in [-0.1, -0.05) is 6.07 Å². The number of nitrogens with zero attached hydrogens (tertiary/aromatic N) is 2. The van der Waals surface area contributed by atoms with Gasteiger partial charge in [-0.15, -0.1) is 0 Å². The Bertz CT molecular complexity index is 499. The number of hydrogen-bond acceptors (Lipinski definition) is 2. The molecule has 1 saturated carbocycles. The van der Waals surface area contributed by atoms with E-state index in [0.29, 0.717) is 5.92 Å². The highest BCUT2D eigenvalue weighted by Crippen LogP contribution is 2.43. The number of halogens is 1. The molecule has 14 heavy (non-hydrogen) atoms. The first-order chi connectivity index (χ1) is 6.77. The van der Waals surface area contributed by atoms with Gasteiger partial charge in [0.1, 0.15) is 16.1 Å². The van der Waals surface area contributed by atoms with Gasteiger partial charge in [0, 0.05) is 5.92 Å². The van der Waals surface area contributed by atoms with Crippen LogP contribution in [0.2, 0.25) is 0 Å². The normalized spacial score (nSPS) is 16.4. The van der Waals surface area contributed by atoms with Crippen molar-refractivity contribution in [2.45, 2.75) is 18.8 Å². The number of aromatic nitrogens is 2. The predicted octanol–water partition coefficient (Wildman–Crippen LogP) is 2.56. The van der Waals surface area contributed by atoms with Gasteiger partial charge in [0.15, 0.2) is 0 Å². The van der Waals surface area contributed by atoms with Gasteiger partial charge in [0.05, 0.1) is 5.69 Å². The first-order valence-corrected chi connectivity index (χ1v) is 5.49. The van der Waals surface area contributed by atoms with Crippen LogP contribution in [0.1, 0.15) is 24.5 Å². The lowest BCUT2D eigenvalue weighted by Crippen LogP contribution is -1.95.